The summed E-state index contributed by atoms with van der Waals surface area (Å²) in [5, 5.41) is 0. The van der Waals surface area contributed by atoms with Crippen LogP contribution >= 0.6 is 15.9 Å². The van der Waals surface area contributed by atoms with Crippen LogP contribution in [0.3, 0.4) is 0 Å². The zero-order valence-corrected chi connectivity index (χ0v) is 9.60. The Balaban J connectivity index is 2.81. The van der Waals surface area contributed by atoms with Crippen LogP contribution in [0.4, 0.5) is 0 Å². The minimum atomic E-state index is 1.15. The highest BCUT2D eigenvalue weighted by Gasteiger charge is 1.96. The molecule has 0 spiro atoms. The molecule has 0 N–H and O–H groups in total. The third-order valence-electron chi connectivity index (χ3n) is 2.03. The molecule has 0 aliphatic carbocycles. The molecule has 0 unspecified atom stereocenters. The normalized spacial score (nSPS) is 10.0. The van der Waals surface area contributed by atoms with Gasteiger partial charge in [0.15, 0.2) is 0 Å². The summed E-state index contributed by atoms with van der Waals surface area (Å²) < 4.78 is 1.15. The van der Waals surface area contributed by atoms with Crippen LogP contribution < -0.4 is 0 Å². The minimum absolute atomic E-state index is 1.15. The molecule has 0 aromatic heterocycles. The van der Waals surface area contributed by atoms with Crippen LogP contribution in [0.15, 0.2) is 29.3 Å². The zero-order valence-electron chi connectivity index (χ0n) is 8.02. The smallest absolute Gasteiger partial charge is 0.0183 e. The molecule has 0 nitrogen and oxygen atoms in total. The van der Waals surface area contributed by atoms with Crippen molar-refractivity contribution in [1.82, 2.24) is 0 Å². The molecule has 70 valence electrons. The van der Waals surface area contributed by atoms with Crippen molar-refractivity contribution in [2.75, 3.05) is 0 Å². The first kappa shape index (κ1) is 10.5. The monoisotopic (exact) mass is 238 g/mol. The maximum absolute atomic E-state index is 3.77. The number of hydrogen-bond acceptors (Lipinski definition) is 0. The zero-order chi connectivity index (χ0) is 9.68. The van der Waals surface area contributed by atoms with Gasteiger partial charge >= 0.3 is 0 Å². The van der Waals surface area contributed by atoms with Gasteiger partial charge in [-0.25, -0.2) is 0 Å². The molecule has 0 heterocycles. The van der Waals surface area contributed by atoms with Crippen molar-refractivity contribution >= 4 is 22.0 Å². The summed E-state index contributed by atoms with van der Waals surface area (Å²) in [4.78, 5) is 0. The SMILES string of the molecule is C=Cc1cc(Br)cc(CCCC)c1. The van der Waals surface area contributed by atoms with E-state index in [0.717, 1.165) is 10.9 Å². The molecule has 0 atom stereocenters. The first-order valence-electron chi connectivity index (χ1n) is 4.68. The predicted molar refractivity (Wildman–Crippen MR) is 62.8 cm³/mol. The highest BCUT2D eigenvalue weighted by atomic mass is 79.9. The molecule has 1 rings (SSSR count). The molecule has 1 aromatic carbocycles. The summed E-state index contributed by atoms with van der Waals surface area (Å²) in [5.41, 5.74) is 2.59. The molecule has 0 aliphatic rings. The summed E-state index contributed by atoms with van der Waals surface area (Å²) in [6.45, 7) is 5.99. The highest BCUT2D eigenvalue weighted by Crippen LogP contribution is 2.18. The van der Waals surface area contributed by atoms with Gasteiger partial charge in [0.25, 0.3) is 0 Å². The Morgan fingerprint density at radius 1 is 1.38 bits per heavy atom. The van der Waals surface area contributed by atoms with Crippen molar-refractivity contribution < 1.29 is 0 Å². The standard InChI is InChI=1S/C12H15Br/c1-3-5-6-11-7-10(4-2)8-12(13)9-11/h4,7-9H,2-3,5-6H2,1H3. The Labute approximate surface area is 88.8 Å². The molecule has 0 saturated heterocycles. The van der Waals surface area contributed by atoms with Gasteiger partial charge in [-0.3, -0.25) is 0 Å². The molecule has 0 fully saturated rings. The van der Waals surface area contributed by atoms with Crippen LogP contribution in [0, 0.1) is 0 Å². The van der Waals surface area contributed by atoms with Gasteiger partial charge in [0, 0.05) is 4.47 Å². The Hall–Kier alpha value is -0.560. The minimum Gasteiger partial charge on any atom is -0.0985 e. The van der Waals surface area contributed by atoms with E-state index in [4.69, 9.17) is 0 Å². The number of rotatable bonds is 4. The van der Waals surface area contributed by atoms with Crippen LogP contribution in [-0.4, -0.2) is 0 Å². The summed E-state index contributed by atoms with van der Waals surface area (Å²) in [7, 11) is 0. The first-order chi connectivity index (χ1) is 6.26. The molecule has 13 heavy (non-hydrogen) atoms. The number of unbranched alkanes of at least 4 members (excludes halogenated alkanes) is 1. The van der Waals surface area contributed by atoms with Gasteiger partial charge in [-0.1, -0.05) is 48.0 Å². The fourth-order valence-corrected chi connectivity index (χ4v) is 1.88. The van der Waals surface area contributed by atoms with Crippen molar-refractivity contribution in [3.63, 3.8) is 0 Å². The van der Waals surface area contributed by atoms with E-state index in [1.54, 1.807) is 0 Å². The fraction of sp³-hybridized carbons (Fsp3) is 0.333. The second kappa shape index (κ2) is 5.23. The lowest BCUT2D eigenvalue weighted by Gasteiger charge is -2.02. The second-order valence-corrected chi connectivity index (χ2v) is 4.12. The summed E-state index contributed by atoms with van der Waals surface area (Å²) in [6.07, 6.45) is 5.56. The van der Waals surface area contributed by atoms with Crippen molar-refractivity contribution in [2.45, 2.75) is 26.2 Å². The Morgan fingerprint density at radius 3 is 2.77 bits per heavy atom. The van der Waals surface area contributed by atoms with Gasteiger partial charge in [0.05, 0.1) is 0 Å². The van der Waals surface area contributed by atoms with Crippen LogP contribution in [-0.2, 0) is 6.42 Å². The lowest BCUT2D eigenvalue weighted by molar-refractivity contribution is 0.794. The molecule has 1 aromatic rings. The number of hydrogen-bond donors (Lipinski definition) is 0. The van der Waals surface area contributed by atoms with E-state index >= 15 is 0 Å². The summed E-state index contributed by atoms with van der Waals surface area (Å²) in [5.74, 6) is 0. The van der Waals surface area contributed by atoms with Crippen LogP contribution in [0.25, 0.3) is 6.08 Å². The quantitative estimate of drug-likeness (QED) is 0.728. The third kappa shape index (κ3) is 3.35. The average Bonchev–Trinajstić information content (AvgIpc) is 2.14. The summed E-state index contributed by atoms with van der Waals surface area (Å²) >= 11 is 3.50. The van der Waals surface area contributed by atoms with Gasteiger partial charge in [0.2, 0.25) is 0 Å². The Kier molecular flexibility index (Phi) is 4.23. The molecule has 0 radical (unpaired) electrons. The molecular formula is C12H15Br. The van der Waals surface area contributed by atoms with Crippen molar-refractivity contribution in [2.24, 2.45) is 0 Å². The third-order valence-corrected chi connectivity index (χ3v) is 2.49. The van der Waals surface area contributed by atoms with Gasteiger partial charge < -0.3 is 0 Å². The summed E-state index contributed by atoms with van der Waals surface area (Å²) in [6, 6.07) is 6.47. The molecule has 0 aliphatic heterocycles. The first-order valence-corrected chi connectivity index (χ1v) is 5.47. The van der Waals surface area contributed by atoms with Crippen molar-refractivity contribution in [3.05, 3.63) is 40.4 Å². The largest absolute Gasteiger partial charge is 0.0985 e. The van der Waals surface area contributed by atoms with Crippen molar-refractivity contribution in [1.29, 1.82) is 0 Å². The van der Waals surface area contributed by atoms with Crippen molar-refractivity contribution in [3.8, 4) is 0 Å². The number of benzene rings is 1. The highest BCUT2D eigenvalue weighted by molar-refractivity contribution is 9.10. The molecular weight excluding hydrogens is 224 g/mol. The topological polar surface area (TPSA) is 0 Å². The second-order valence-electron chi connectivity index (χ2n) is 3.20. The molecule has 1 heteroatoms. The van der Waals surface area contributed by atoms with Gasteiger partial charge in [0.1, 0.15) is 0 Å². The lowest BCUT2D eigenvalue weighted by Crippen LogP contribution is -1.86. The van der Waals surface area contributed by atoms with Crippen LogP contribution in [0.1, 0.15) is 30.9 Å². The van der Waals surface area contributed by atoms with Gasteiger partial charge in [-0.05, 0) is 36.1 Å². The van der Waals surface area contributed by atoms with E-state index in [-0.39, 0.29) is 0 Å². The maximum Gasteiger partial charge on any atom is 0.0183 e. The van der Waals surface area contributed by atoms with Crippen LogP contribution in [0.5, 0.6) is 0 Å². The number of halogens is 1. The van der Waals surface area contributed by atoms with E-state index in [1.807, 2.05) is 6.08 Å². The Morgan fingerprint density at radius 2 is 2.15 bits per heavy atom. The van der Waals surface area contributed by atoms with E-state index in [0.29, 0.717) is 0 Å². The van der Waals surface area contributed by atoms with E-state index in [9.17, 15) is 0 Å². The van der Waals surface area contributed by atoms with Gasteiger partial charge in [-0.15, -0.1) is 0 Å². The average molecular weight is 239 g/mol. The van der Waals surface area contributed by atoms with E-state index in [1.165, 1.54) is 24.0 Å². The van der Waals surface area contributed by atoms with Crippen LogP contribution in [0.2, 0.25) is 0 Å². The molecule has 0 bridgehead atoms. The fourth-order valence-electron chi connectivity index (χ4n) is 1.32. The van der Waals surface area contributed by atoms with E-state index in [2.05, 4.69) is 47.6 Å². The van der Waals surface area contributed by atoms with E-state index < -0.39 is 0 Å². The lowest BCUT2D eigenvalue weighted by atomic mass is 10.1. The molecule has 0 saturated carbocycles. The predicted octanol–water partition coefficient (Wildman–Crippen LogP) is 4.43. The Bertz CT molecular complexity index is 289. The van der Waals surface area contributed by atoms with Gasteiger partial charge in [-0.2, -0.15) is 0 Å². The molecule has 0 amide bonds. The number of aryl methyl sites for hydroxylation is 1. The maximum atomic E-state index is 3.77.